The zero-order valence-corrected chi connectivity index (χ0v) is 11.4. The molecule has 4 heteroatoms. The van der Waals surface area contributed by atoms with Crippen molar-refractivity contribution in [2.24, 2.45) is 0 Å². The maximum Gasteiger partial charge on any atom is 0.0644 e. The van der Waals surface area contributed by atoms with Crippen molar-refractivity contribution in [3.63, 3.8) is 0 Å². The predicted molar refractivity (Wildman–Crippen MR) is 76.3 cm³/mol. The molecule has 2 atom stereocenters. The van der Waals surface area contributed by atoms with Crippen LogP contribution in [0.25, 0.3) is 0 Å². The van der Waals surface area contributed by atoms with Crippen LogP contribution in [0.3, 0.4) is 0 Å². The van der Waals surface area contributed by atoms with Gasteiger partial charge in [-0.05, 0) is 11.3 Å². The predicted octanol–water partition coefficient (Wildman–Crippen LogP) is 1.39. The summed E-state index contributed by atoms with van der Waals surface area (Å²) in [5.41, 5.74) is 1.32. The van der Waals surface area contributed by atoms with Crippen LogP contribution in [-0.4, -0.2) is 54.7 Å². The van der Waals surface area contributed by atoms with E-state index in [1.807, 2.05) is 6.07 Å². The van der Waals surface area contributed by atoms with Crippen LogP contribution in [0.15, 0.2) is 30.3 Å². The normalized spacial score (nSPS) is 22.9. The molecule has 0 amide bonds. The van der Waals surface area contributed by atoms with E-state index >= 15 is 0 Å². The van der Waals surface area contributed by atoms with Crippen molar-refractivity contribution in [3.8, 4) is 0 Å². The zero-order chi connectivity index (χ0) is 12.8. The Hall–Kier alpha value is -0.550. The average Bonchev–Trinajstić information content (AvgIpc) is 2.46. The third-order valence-electron chi connectivity index (χ3n) is 3.51. The van der Waals surface area contributed by atoms with Gasteiger partial charge in [0.15, 0.2) is 0 Å². The average molecular weight is 267 g/mol. The van der Waals surface area contributed by atoms with E-state index < -0.39 is 0 Å². The van der Waals surface area contributed by atoms with Crippen molar-refractivity contribution in [3.05, 3.63) is 35.9 Å². The largest absolute Gasteiger partial charge is 0.395 e. The number of rotatable bonds is 5. The number of ether oxygens (including phenoxy) is 1. The second-order valence-corrected chi connectivity index (χ2v) is 5.06. The first-order valence-corrected chi connectivity index (χ1v) is 7.07. The third-order valence-corrected chi connectivity index (χ3v) is 3.95. The van der Waals surface area contributed by atoms with Gasteiger partial charge in [-0.2, -0.15) is 12.6 Å². The van der Waals surface area contributed by atoms with Crippen molar-refractivity contribution in [1.82, 2.24) is 4.90 Å². The Morgan fingerprint density at radius 3 is 2.83 bits per heavy atom. The second-order valence-electron chi connectivity index (χ2n) is 4.70. The molecule has 3 nitrogen and oxygen atoms in total. The summed E-state index contributed by atoms with van der Waals surface area (Å²) in [7, 11) is 0. The van der Waals surface area contributed by atoms with Gasteiger partial charge in [-0.1, -0.05) is 30.3 Å². The number of thiol groups is 1. The quantitative estimate of drug-likeness (QED) is 0.791. The molecule has 2 rings (SSSR count). The van der Waals surface area contributed by atoms with Crippen LogP contribution < -0.4 is 0 Å². The van der Waals surface area contributed by atoms with Crippen LogP contribution in [-0.2, 0) is 4.74 Å². The fraction of sp³-hybridized carbons (Fsp3) is 0.571. The van der Waals surface area contributed by atoms with Crippen LogP contribution in [0.1, 0.15) is 11.5 Å². The standard InChI is InChI=1S/C14H21NO2S/c16-9-14-10-17-7-6-15(14)8-13(11-18)12-4-2-1-3-5-12/h1-5,13-14,16,18H,6-11H2. The lowest BCUT2D eigenvalue weighted by atomic mass is 9.99. The molecule has 1 aromatic carbocycles. The van der Waals surface area contributed by atoms with Crippen molar-refractivity contribution in [2.75, 3.05) is 38.7 Å². The van der Waals surface area contributed by atoms with Gasteiger partial charge in [0.05, 0.1) is 25.9 Å². The minimum Gasteiger partial charge on any atom is -0.395 e. The molecule has 0 bridgehead atoms. The van der Waals surface area contributed by atoms with E-state index in [-0.39, 0.29) is 12.6 Å². The summed E-state index contributed by atoms with van der Waals surface area (Å²) >= 11 is 4.47. The molecule has 1 heterocycles. The minimum absolute atomic E-state index is 0.129. The molecule has 0 saturated carbocycles. The summed E-state index contributed by atoms with van der Waals surface area (Å²) in [6.07, 6.45) is 0. The van der Waals surface area contributed by atoms with Gasteiger partial charge in [-0.3, -0.25) is 4.90 Å². The van der Waals surface area contributed by atoms with Crippen LogP contribution in [0.4, 0.5) is 0 Å². The maximum absolute atomic E-state index is 9.38. The molecule has 0 radical (unpaired) electrons. The van der Waals surface area contributed by atoms with E-state index in [0.29, 0.717) is 12.5 Å². The first-order valence-electron chi connectivity index (χ1n) is 6.43. The SMILES string of the molecule is OCC1COCCN1CC(CS)c1ccccc1. The summed E-state index contributed by atoms with van der Waals surface area (Å²) in [5, 5.41) is 9.38. The van der Waals surface area contributed by atoms with Gasteiger partial charge in [0.1, 0.15) is 0 Å². The van der Waals surface area contributed by atoms with Crippen molar-refractivity contribution >= 4 is 12.6 Å². The highest BCUT2D eigenvalue weighted by atomic mass is 32.1. The van der Waals surface area contributed by atoms with Crippen LogP contribution in [0.2, 0.25) is 0 Å². The van der Waals surface area contributed by atoms with Crippen LogP contribution in [0.5, 0.6) is 0 Å². The highest BCUT2D eigenvalue weighted by molar-refractivity contribution is 7.80. The molecule has 18 heavy (non-hydrogen) atoms. The van der Waals surface area contributed by atoms with E-state index in [2.05, 4.69) is 41.8 Å². The zero-order valence-electron chi connectivity index (χ0n) is 10.5. The van der Waals surface area contributed by atoms with Gasteiger partial charge in [-0.15, -0.1) is 0 Å². The topological polar surface area (TPSA) is 32.7 Å². The Morgan fingerprint density at radius 2 is 2.17 bits per heavy atom. The minimum atomic E-state index is 0.129. The molecule has 1 aliphatic heterocycles. The number of hydrogen-bond acceptors (Lipinski definition) is 4. The van der Waals surface area contributed by atoms with E-state index in [1.165, 1.54) is 5.56 Å². The molecular formula is C14H21NO2S. The number of benzene rings is 1. The van der Waals surface area contributed by atoms with Crippen LogP contribution >= 0.6 is 12.6 Å². The highest BCUT2D eigenvalue weighted by Crippen LogP contribution is 2.20. The van der Waals surface area contributed by atoms with Gasteiger partial charge in [0, 0.05) is 19.0 Å². The Kier molecular flexibility index (Phi) is 5.50. The smallest absolute Gasteiger partial charge is 0.0644 e. The summed E-state index contributed by atoms with van der Waals surface area (Å²) < 4.78 is 5.40. The number of nitrogens with zero attached hydrogens (tertiary/aromatic N) is 1. The van der Waals surface area contributed by atoms with Gasteiger partial charge < -0.3 is 9.84 Å². The maximum atomic E-state index is 9.38. The highest BCUT2D eigenvalue weighted by Gasteiger charge is 2.24. The van der Waals surface area contributed by atoms with Gasteiger partial charge >= 0.3 is 0 Å². The fourth-order valence-electron chi connectivity index (χ4n) is 2.37. The van der Waals surface area contributed by atoms with E-state index in [1.54, 1.807) is 0 Å². The van der Waals surface area contributed by atoms with Gasteiger partial charge in [0.2, 0.25) is 0 Å². The molecule has 2 unspecified atom stereocenters. The second kappa shape index (κ2) is 7.14. The Balaban J connectivity index is 2.01. The molecule has 0 aliphatic carbocycles. The van der Waals surface area contributed by atoms with Crippen LogP contribution in [0, 0.1) is 0 Å². The van der Waals surface area contributed by atoms with E-state index in [0.717, 1.165) is 25.4 Å². The van der Waals surface area contributed by atoms with Crippen molar-refractivity contribution < 1.29 is 9.84 Å². The van der Waals surface area contributed by atoms with E-state index in [4.69, 9.17) is 4.74 Å². The number of aliphatic hydroxyl groups is 1. The Labute approximate surface area is 114 Å². The van der Waals surface area contributed by atoms with E-state index in [9.17, 15) is 5.11 Å². The fourth-order valence-corrected chi connectivity index (χ4v) is 2.70. The lowest BCUT2D eigenvalue weighted by Crippen LogP contribution is -2.49. The number of aliphatic hydroxyl groups excluding tert-OH is 1. The molecule has 1 saturated heterocycles. The Bertz CT molecular complexity index is 347. The molecule has 1 aromatic rings. The first-order chi connectivity index (χ1) is 8.85. The molecule has 0 aromatic heterocycles. The first kappa shape index (κ1) is 13.9. The lowest BCUT2D eigenvalue weighted by Gasteiger charge is -2.36. The van der Waals surface area contributed by atoms with Gasteiger partial charge in [-0.25, -0.2) is 0 Å². The molecule has 1 N–H and O–H groups in total. The van der Waals surface area contributed by atoms with Gasteiger partial charge in [0.25, 0.3) is 0 Å². The molecule has 100 valence electrons. The summed E-state index contributed by atoms with van der Waals surface area (Å²) in [5.74, 6) is 1.22. The molecule has 0 spiro atoms. The Morgan fingerprint density at radius 1 is 1.39 bits per heavy atom. The third kappa shape index (κ3) is 3.48. The number of hydrogen-bond donors (Lipinski definition) is 2. The molecule has 1 fully saturated rings. The number of morpholine rings is 1. The molecule has 1 aliphatic rings. The summed E-state index contributed by atoms with van der Waals surface area (Å²) in [6, 6.07) is 10.6. The summed E-state index contributed by atoms with van der Waals surface area (Å²) in [6.45, 7) is 3.37. The lowest BCUT2D eigenvalue weighted by molar-refractivity contribution is -0.0289. The summed E-state index contributed by atoms with van der Waals surface area (Å²) in [4.78, 5) is 2.32. The monoisotopic (exact) mass is 267 g/mol. The van der Waals surface area contributed by atoms with Crippen molar-refractivity contribution in [1.29, 1.82) is 0 Å². The van der Waals surface area contributed by atoms with Crippen molar-refractivity contribution in [2.45, 2.75) is 12.0 Å². The molecular weight excluding hydrogens is 246 g/mol.